The molecular formula is C25H24N2O5. The van der Waals surface area contributed by atoms with Gasteiger partial charge in [-0.25, -0.2) is 0 Å². The standard InChI is InChI=1S/C25H24N2O5/c1-30-19-12-8-17(9-13-19)24-25(29)26(21-6-4-5-7-22(21)32-3)16-23(28)27(24)18-10-14-20(31-2)15-11-18/h4-15,24H,16H2,1-3H3. The summed E-state index contributed by atoms with van der Waals surface area (Å²) in [5, 5.41) is 0. The number of hydrogen-bond donors (Lipinski definition) is 0. The van der Waals surface area contributed by atoms with Crippen molar-refractivity contribution in [3.63, 3.8) is 0 Å². The average molecular weight is 432 g/mol. The van der Waals surface area contributed by atoms with E-state index < -0.39 is 6.04 Å². The third-order valence-electron chi connectivity index (χ3n) is 5.48. The molecule has 0 aliphatic carbocycles. The van der Waals surface area contributed by atoms with Gasteiger partial charge >= 0.3 is 0 Å². The number of piperazine rings is 1. The number of nitrogens with zero attached hydrogens (tertiary/aromatic N) is 2. The van der Waals surface area contributed by atoms with Crippen molar-refractivity contribution in [1.82, 2.24) is 0 Å². The molecule has 1 aliphatic heterocycles. The van der Waals surface area contributed by atoms with Crippen LogP contribution in [0.4, 0.5) is 11.4 Å². The Hall–Kier alpha value is -4.00. The summed E-state index contributed by atoms with van der Waals surface area (Å²) in [6.07, 6.45) is 0. The van der Waals surface area contributed by atoms with Crippen molar-refractivity contribution in [2.45, 2.75) is 6.04 Å². The minimum Gasteiger partial charge on any atom is -0.497 e. The van der Waals surface area contributed by atoms with E-state index in [1.807, 2.05) is 12.1 Å². The summed E-state index contributed by atoms with van der Waals surface area (Å²) < 4.78 is 15.9. The lowest BCUT2D eigenvalue weighted by Crippen LogP contribution is -2.56. The summed E-state index contributed by atoms with van der Waals surface area (Å²) in [6, 6.07) is 20.6. The molecule has 0 aromatic heterocycles. The molecule has 1 saturated heterocycles. The lowest BCUT2D eigenvalue weighted by atomic mass is 9.99. The smallest absolute Gasteiger partial charge is 0.255 e. The molecule has 7 nitrogen and oxygen atoms in total. The van der Waals surface area contributed by atoms with Crippen molar-refractivity contribution in [2.24, 2.45) is 0 Å². The molecule has 3 aromatic rings. The molecule has 4 rings (SSSR count). The highest BCUT2D eigenvalue weighted by molar-refractivity contribution is 6.15. The van der Waals surface area contributed by atoms with Crippen LogP contribution in [0.1, 0.15) is 11.6 Å². The predicted octanol–water partition coefficient (Wildman–Crippen LogP) is 3.83. The number of carbonyl (C=O) groups is 2. The van der Waals surface area contributed by atoms with Gasteiger partial charge in [-0.3, -0.25) is 19.4 Å². The summed E-state index contributed by atoms with van der Waals surface area (Å²) in [5.74, 6) is 1.43. The highest BCUT2D eigenvalue weighted by Gasteiger charge is 2.42. The zero-order valence-corrected chi connectivity index (χ0v) is 18.1. The van der Waals surface area contributed by atoms with E-state index in [0.29, 0.717) is 34.2 Å². The number of anilines is 2. The molecule has 3 aromatic carbocycles. The first-order valence-electron chi connectivity index (χ1n) is 10.1. The normalized spacial score (nSPS) is 16.2. The Morgan fingerprint density at radius 1 is 0.750 bits per heavy atom. The molecule has 0 saturated carbocycles. The van der Waals surface area contributed by atoms with Crippen LogP contribution in [0, 0.1) is 0 Å². The van der Waals surface area contributed by atoms with E-state index in [1.165, 1.54) is 9.80 Å². The number of para-hydroxylation sites is 2. The molecule has 0 spiro atoms. The summed E-state index contributed by atoms with van der Waals surface area (Å²) >= 11 is 0. The summed E-state index contributed by atoms with van der Waals surface area (Å²) in [4.78, 5) is 30.3. The van der Waals surface area contributed by atoms with Gasteiger partial charge in [0.25, 0.3) is 5.91 Å². The minimum atomic E-state index is -0.847. The maximum atomic E-state index is 13.8. The van der Waals surface area contributed by atoms with E-state index in [0.717, 1.165) is 0 Å². The maximum Gasteiger partial charge on any atom is 0.255 e. The fourth-order valence-electron chi connectivity index (χ4n) is 3.86. The zero-order valence-electron chi connectivity index (χ0n) is 18.1. The molecule has 0 radical (unpaired) electrons. The number of amides is 2. The van der Waals surface area contributed by atoms with Crippen molar-refractivity contribution in [3.8, 4) is 17.2 Å². The molecule has 164 valence electrons. The van der Waals surface area contributed by atoms with Gasteiger partial charge in [0, 0.05) is 5.69 Å². The summed E-state index contributed by atoms with van der Waals surface area (Å²) in [7, 11) is 4.70. The number of methoxy groups -OCH3 is 3. The fraction of sp³-hybridized carbons (Fsp3) is 0.200. The predicted molar refractivity (Wildman–Crippen MR) is 122 cm³/mol. The monoisotopic (exact) mass is 432 g/mol. The van der Waals surface area contributed by atoms with Crippen molar-refractivity contribution in [1.29, 1.82) is 0 Å². The van der Waals surface area contributed by atoms with Crippen LogP contribution in [0.3, 0.4) is 0 Å². The van der Waals surface area contributed by atoms with Gasteiger partial charge in [0.2, 0.25) is 5.91 Å². The van der Waals surface area contributed by atoms with Gasteiger partial charge in [0.15, 0.2) is 0 Å². The van der Waals surface area contributed by atoms with Crippen LogP contribution in [-0.4, -0.2) is 39.7 Å². The molecule has 7 heteroatoms. The molecule has 1 aliphatic rings. The third kappa shape index (κ3) is 3.85. The number of rotatable bonds is 6. The first kappa shape index (κ1) is 21.2. The Bertz CT molecular complexity index is 1110. The highest BCUT2D eigenvalue weighted by Crippen LogP contribution is 2.38. The first-order valence-corrected chi connectivity index (χ1v) is 10.1. The largest absolute Gasteiger partial charge is 0.497 e. The van der Waals surface area contributed by atoms with Gasteiger partial charge in [0.1, 0.15) is 29.8 Å². The van der Waals surface area contributed by atoms with E-state index in [2.05, 4.69) is 0 Å². The van der Waals surface area contributed by atoms with Gasteiger partial charge in [0.05, 0.1) is 27.0 Å². The van der Waals surface area contributed by atoms with Crippen LogP contribution in [0.2, 0.25) is 0 Å². The van der Waals surface area contributed by atoms with Crippen LogP contribution in [0.25, 0.3) is 0 Å². The molecular weight excluding hydrogens is 408 g/mol. The maximum absolute atomic E-state index is 13.8. The van der Waals surface area contributed by atoms with Crippen LogP contribution in [-0.2, 0) is 9.59 Å². The van der Waals surface area contributed by atoms with Gasteiger partial charge < -0.3 is 14.2 Å². The SMILES string of the molecule is COc1ccc(C2C(=O)N(c3ccccc3OC)CC(=O)N2c2ccc(OC)cc2)cc1. The van der Waals surface area contributed by atoms with E-state index >= 15 is 0 Å². The van der Waals surface area contributed by atoms with Gasteiger partial charge in [-0.15, -0.1) is 0 Å². The van der Waals surface area contributed by atoms with Crippen LogP contribution in [0.15, 0.2) is 72.8 Å². The molecule has 2 amide bonds. The third-order valence-corrected chi connectivity index (χ3v) is 5.48. The van der Waals surface area contributed by atoms with Gasteiger partial charge in [-0.1, -0.05) is 24.3 Å². The minimum absolute atomic E-state index is 0.0993. The van der Waals surface area contributed by atoms with Crippen molar-refractivity contribution in [3.05, 3.63) is 78.4 Å². The Morgan fingerprint density at radius 2 is 1.34 bits per heavy atom. The van der Waals surface area contributed by atoms with Crippen LogP contribution >= 0.6 is 0 Å². The van der Waals surface area contributed by atoms with Crippen LogP contribution < -0.4 is 24.0 Å². The van der Waals surface area contributed by atoms with Crippen molar-refractivity contribution in [2.75, 3.05) is 37.7 Å². The Kier molecular flexibility index (Phi) is 5.98. The average Bonchev–Trinajstić information content (AvgIpc) is 2.85. The molecule has 1 heterocycles. The quantitative estimate of drug-likeness (QED) is 0.592. The number of benzene rings is 3. The fourth-order valence-corrected chi connectivity index (χ4v) is 3.86. The number of ether oxygens (including phenoxy) is 3. The Balaban J connectivity index is 1.81. The first-order chi connectivity index (χ1) is 15.6. The molecule has 32 heavy (non-hydrogen) atoms. The van der Waals surface area contributed by atoms with Gasteiger partial charge in [-0.05, 0) is 54.1 Å². The van der Waals surface area contributed by atoms with Crippen LogP contribution in [0.5, 0.6) is 17.2 Å². The summed E-state index contributed by atoms with van der Waals surface area (Å²) in [5.41, 5.74) is 1.85. The lowest BCUT2D eigenvalue weighted by molar-refractivity contribution is -0.128. The van der Waals surface area contributed by atoms with E-state index in [-0.39, 0.29) is 18.4 Å². The second-order valence-electron chi connectivity index (χ2n) is 7.23. The summed E-state index contributed by atoms with van der Waals surface area (Å²) in [6.45, 7) is -0.0993. The number of carbonyl (C=O) groups excluding carboxylic acids is 2. The molecule has 1 fully saturated rings. The second kappa shape index (κ2) is 9.01. The van der Waals surface area contributed by atoms with E-state index in [1.54, 1.807) is 82.0 Å². The lowest BCUT2D eigenvalue weighted by Gasteiger charge is -2.40. The van der Waals surface area contributed by atoms with Crippen molar-refractivity contribution >= 4 is 23.2 Å². The second-order valence-corrected chi connectivity index (χ2v) is 7.23. The molecule has 0 N–H and O–H groups in total. The Morgan fingerprint density at radius 3 is 1.94 bits per heavy atom. The zero-order chi connectivity index (χ0) is 22.7. The van der Waals surface area contributed by atoms with Crippen molar-refractivity contribution < 1.29 is 23.8 Å². The van der Waals surface area contributed by atoms with Gasteiger partial charge in [-0.2, -0.15) is 0 Å². The topological polar surface area (TPSA) is 68.3 Å². The molecule has 1 atom stereocenters. The Labute approximate surface area is 186 Å². The molecule has 0 bridgehead atoms. The highest BCUT2D eigenvalue weighted by atomic mass is 16.5. The van der Waals surface area contributed by atoms with E-state index in [4.69, 9.17) is 14.2 Å². The van der Waals surface area contributed by atoms with E-state index in [9.17, 15) is 9.59 Å². The number of hydrogen-bond acceptors (Lipinski definition) is 5. The molecule has 1 unspecified atom stereocenters.